The Labute approximate surface area is 210 Å². The van der Waals surface area contributed by atoms with Gasteiger partial charge in [-0.1, -0.05) is 48.5 Å². The number of carbonyl (C=O) groups excluding carboxylic acids is 1. The Hall–Kier alpha value is -3.98. The predicted octanol–water partition coefficient (Wildman–Crippen LogP) is 3.16. The highest BCUT2D eigenvalue weighted by molar-refractivity contribution is 5.77. The van der Waals surface area contributed by atoms with E-state index in [4.69, 9.17) is 9.47 Å². The first-order chi connectivity index (χ1) is 17.4. The van der Waals surface area contributed by atoms with Gasteiger partial charge >= 0.3 is 12.0 Å². The molecule has 1 amide bonds. The highest BCUT2D eigenvalue weighted by atomic mass is 16.5. The van der Waals surface area contributed by atoms with Crippen molar-refractivity contribution in [2.24, 2.45) is 0 Å². The van der Waals surface area contributed by atoms with Crippen molar-refractivity contribution in [2.45, 2.75) is 33.0 Å². The van der Waals surface area contributed by atoms with Crippen LogP contribution in [0.1, 0.15) is 23.6 Å². The lowest BCUT2D eigenvalue weighted by Gasteiger charge is -2.38. The number of piperazine rings is 1. The number of carboxylic acid groups (broad SMARTS) is 1. The van der Waals surface area contributed by atoms with Crippen LogP contribution in [0.3, 0.4) is 0 Å². The lowest BCUT2D eigenvalue weighted by Crippen LogP contribution is -2.56. The predicted molar refractivity (Wildman–Crippen MR) is 134 cm³/mol. The Morgan fingerprint density at radius 2 is 1.86 bits per heavy atom. The summed E-state index contributed by atoms with van der Waals surface area (Å²) in [6, 6.07) is 15.6. The van der Waals surface area contributed by atoms with E-state index in [9.17, 15) is 14.7 Å². The van der Waals surface area contributed by atoms with Crippen LogP contribution in [0.5, 0.6) is 11.9 Å². The zero-order valence-corrected chi connectivity index (χ0v) is 20.7. The minimum absolute atomic E-state index is 0.132. The molecule has 2 aromatic carbocycles. The van der Waals surface area contributed by atoms with Crippen molar-refractivity contribution in [3.8, 4) is 23.0 Å². The van der Waals surface area contributed by atoms with Crippen LogP contribution in [-0.4, -0.2) is 69.5 Å². The van der Waals surface area contributed by atoms with Gasteiger partial charge in [0, 0.05) is 44.9 Å². The third-order valence-corrected chi connectivity index (χ3v) is 6.48. The van der Waals surface area contributed by atoms with Gasteiger partial charge in [0.25, 0.3) is 0 Å². The van der Waals surface area contributed by atoms with E-state index < -0.39 is 12.0 Å². The fourth-order valence-corrected chi connectivity index (χ4v) is 4.39. The Bertz CT molecular complexity index is 1230. The van der Waals surface area contributed by atoms with E-state index in [0.717, 1.165) is 22.3 Å². The molecule has 2 heterocycles. The molecule has 9 nitrogen and oxygen atoms in total. The largest absolute Gasteiger partial charge is 0.481 e. The van der Waals surface area contributed by atoms with Crippen molar-refractivity contribution in [1.29, 1.82) is 0 Å². The van der Waals surface area contributed by atoms with Gasteiger partial charge in [0.05, 0.1) is 7.11 Å². The number of hydrogen-bond donors (Lipinski definition) is 1. The number of aromatic nitrogens is 2. The van der Waals surface area contributed by atoms with Crippen molar-refractivity contribution in [1.82, 2.24) is 19.8 Å². The topological polar surface area (TPSA) is 105 Å². The number of methoxy groups -OCH3 is 1. The third kappa shape index (κ3) is 5.63. The Morgan fingerprint density at radius 1 is 1.08 bits per heavy atom. The first kappa shape index (κ1) is 25.1. The molecule has 1 aromatic heterocycles. The monoisotopic (exact) mass is 490 g/mol. The van der Waals surface area contributed by atoms with E-state index in [0.29, 0.717) is 31.1 Å². The molecule has 0 unspecified atom stereocenters. The molecular formula is C27H30N4O5. The molecule has 1 aliphatic heterocycles. The van der Waals surface area contributed by atoms with Crippen molar-refractivity contribution < 1.29 is 24.2 Å². The summed E-state index contributed by atoms with van der Waals surface area (Å²) in [6.07, 6.45) is 1.60. The quantitative estimate of drug-likeness (QED) is 0.514. The molecule has 4 rings (SSSR count). The fraction of sp³-hybridized carbons (Fsp3) is 0.333. The molecule has 188 valence electrons. The Kier molecular flexibility index (Phi) is 7.80. The summed E-state index contributed by atoms with van der Waals surface area (Å²) in [5.74, 6) is -0.783. The SMILES string of the molecule is COc1nc(OCc2cccc(-c3ccccc3)c2C)ncc1CN1CCN(C(C)=O)C[C@H]1C(=O)O. The van der Waals surface area contributed by atoms with E-state index in [2.05, 4.69) is 35.1 Å². The number of amides is 1. The molecule has 1 fully saturated rings. The van der Waals surface area contributed by atoms with Crippen LogP contribution in [0.15, 0.2) is 54.7 Å². The molecule has 0 aliphatic carbocycles. The maximum Gasteiger partial charge on any atom is 0.322 e. The van der Waals surface area contributed by atoms with Gasteiger partial charge in [0.15, 0.2) is 0 Å². The molecule has 9 heteroatoms. The molecule has 36 heavy (non-hydrogen) atoms. The fourth-order valence-electron chi connectivity index (χ4n) is 4.39. The molecule has 1 aliphatic rings. The molecule has 3 aromatic rings. The lowest BCUT2D eigenvalue weighted by atomic mass is 9.97. The van der Waals surface area contributed by atoms with E-state index in [1.165, 1.54) is 14.0 Å². The third-order valence-electron chi connectivity index (χ3n) is 6.48. The van der Waals surface area contributed by atoms with E-state index >= 15 is 0 Å². The number of carboxylic acids is 1. The number of rotatable bonds is 8. The van der Waals surface area contributed by atoms with E-state index in [1.807, 2.05) is 30.3 Å². The number of ether oxygens (including phenoxy) is 2. The summed E-state index contributed by atoms with van der Waals surface area (Å²) in [6.45, 7) is 5.11. The van der Waals surface area contributed by atoms with Crippen molar-refractivity contribution in [3.05, 3.63) is 71.4 Å². The van der Waals surface area contributed by atoms with Gasteiger partial charge in [0.1, 0.15) is 12.6 Å². The highest BCUT2D eigenvalue weighted by Gasteiger charge is 2.34. The summed E-state index contributed by atoms with van der Waals surface area (Å²) in [7, 11) is 1.51. The molecular weight excluding hydrogens is 460 g/mol. The summed E-state index contributed by atoms with van der Waals surface area (Å²) in [4.78, 5) is 35.6. The van der Waals surface area contributed by atoms with Crippen molar-refractivity contribution >= 4 is 11.9 Å². The Balaban J connectivity index is 1.46. The van der Waals surface area contributed by atoms with Crippen LogP contribution >= 0.6 is 0 Å². The van der Waals surface area contributed by atoms with Crippen LogP contribution < -0.4 is 9.47 Å². The smallest absolute Gasteiger partial charge is 0.322 e. The molecule has 0 radical (unpaired) electrons. The lowest BCUT2D eigenvalue weighted by molar-refractivity contribution is -0.148. The van der Waals surface area contributed by atoms with Gasteiger partial charge in [-0.2, -0.15) is 4.98 Å². The minimum atomic E-state index is -0.978. The normalized spacial score (nSPS) is 16.0. The van der Waals surface area contributed by atoms with Crippen LogP contribution in [-0.2, 0) is 22.7 Å². The second-order valence-corrected chi connectivity index (χ2v) is 8.72. The zero-order valence-electron chi connectivity index (χ0n) is 20.7. The maximum absolute atomic E-state index is 11.8. The molecule has 0 bridgehead atoms. The van der Waals surface area contributed by atoms with Crippen LogP contribution in [0, 0.1) is 6.92 Å². The van der Waals surface area contributed by atoms with E-state index in [-0.39, 0.29) is 25.0 Å². The number of hydrogen-bond acceptors (Lipinski definition) is 7. The highest BCUT2D eigenvalue weighted by Crippen LogP contribution is 2.27. The number of nitrogens with zero attached hydrogens (tertiary/aromatic N) is 4. The first-order valence-corrected chi connectivity index (χ1v) is 11.8. The summed E-state index contributed by atoms with van der Waals surface area (Å²) < 4.78 is 11.4. The number of aliphatic carboxylic acids is 1. The van der Waals surface area contributed by atoms with Gasteiger partial charge in [-0.3, -0.25) is 14.5 Å². The minimum Gasteiger partial charge on any atom is -0.481 e. The number of benzene rings is 2. The summed E-state index contributed by atoms with van der Waals surface area (Å²) >= 11 is 0. The molecule has 1 saturated heterocycles. The van der Waals surface area contributed by atoms with Crippen LogP contribution in [0.4, 0.5) is 0 Å². The average Bonchev–Trinajstić information content (AvgIpc) is 2.89. The molecule has 0 saturated carbocycles. The van der Waals surface area contributed by atoms with Gasteiger partial charge in [-0.25, -0.2) is 4.98 Å². The standard InChI is InChI=1S/C27H30N4O5/c1-18-21(10-7-11-23(18)20-8-5-4-6-9-20)17-36-27-28-14-22(25(29-27)35-3)15-31-13-12-30(19(2)32)16-24(31)26(33)34/h4-11,14,24H,12-13,15-17H2,1-3H3,(H,33,34)/t24-/m0/s1. The zero-order chi connectivity index (χ0) is 25.7. The van der Waals surface area contributed by atoms with Crippen LogP contribution in [0.2, 0.25) is 0 Å². The van der Waals surface area contributed by atoms with Gasteiger partial charge in [-0.05, 0) is 29.2 Å². The summed E-state index contributed by atoms with van der Waals surface area (Å²) in [5.41, 5.74) is 5.08. The molecule has 1 atom stereocenters. The van der Waals surface area contributed by atoms with Gasteiger partial charge < -0.3 is 19.5 Å². The molecule has 0 spiro atoms. The van der Waals surface area contributed by atoms with E-state index in [1.54, 1.807) is 16.0 Å². The average molecular weight is 491 g/mol. The summed E-state index contributed by atoms with van der Waals surface area (Å²) in [5, 5.41) is 9.69. The van der Waals surface area contributed by atoms with Crippen molar-refractivity contribution in [2.75, 3.05) is 26.7 Å². The second-order valence-electron chi connectivity index (χ2n) is 8.72. The van der Waals surface area contributed by atoms with Gasteiger partial charge in [0.2, 0.25) is 11.8 Å². The number of carbonyl (C=O) groups is 2. The molecule has 1 N–H and O–H groups in total. The van der Waals surface area contributed by atoms with Crippen LogP contribution in [0.25, 0.3) is 11.1 Å². The maximum atomic E-state index is 11.8. The second kappa shape index (κ2) is 11.2. The Morgan fingerprint density at radius 3 is 2.56 bits per heavy atom. The first-order valence-electron chi connectivity index (χ1n) is 11.8. The van der Waals surface area contributed by atoms with Gasteiger partial charge in [-0.15, -0.1) is 0 Å². The van der Waals surface area contributed by atoms with Crippen molar-refractivity contribution in [3.63, 3.8) is 0 Å².